The van der Waals surface area contributed by atoms with Gasteiger partial charge in [-0.3, -0.25) is 0 Å². The molecule has 0 aliphatic heterocycles. The van der Waals surface area contributed by atoms with E-state index in [2.05, 4.69) is 158 Å². The monoisotopic (exact) mass is 847 g/mol. The highest BCUT2D eigenvalue weighted by Crippen LogP contribution is 2.65. The molecule has 13 rings (SSSR count). The van der Waals surface area contributed by atoms with Gasteiger partial charge in [0.2, 0.25) is 0 Å². The van der Waals surface area contributed by atoms with Crippen LogP contribution in [-0.4, -0.2) is 15.0 Å². The summed E-state index contributed by atoms with van der Waals surface area (Å²) in [6.07, 6.45) is 6.29. The molecule has 1 aromatic heterocycles. The Bertz CT molecular complexity index is 3260. The zero-order valence-corrected chi connectivity index (χ0v) is 36.5. The van der Waals surface area contributed by atoms with E-state index in [0.717, 1.165) is 56.2 Å². The number of aromatic nitrogens is 3. The number of nitriles is 2. The van der Waals surface area contributed by atoms with Crippen LogP contribution in [0, 0.1) is 46.3 Å². The van der Waals surface area contributed by atoms with Crippen LogP contribution in [0.25, 0.3) is 78.3 Å². The van der Waals surface area contributed by atoms with Gasteiger partial charge in [0.15, 0.2) is 17.5 Å². The third kappa shape index (κ3) is 6.88. The molecule has 0 unspecified atom stereocenters. The lowest BCUT2D eigenvalue weighted by atomic mass is 9.42. The Morgan fingerprint density at radius 2 is 0.864 bits per heavy atom. The van der Waals surface area contributed by atoms with Crippen LogP contribution < -0.4 is 0 Å². The van der Waals surface area contributed by atoms with Crippen molar-refractivity contribution in [2.75, 3.05) is 0 Å². The largest absolute Gasteiger partial charge is 0.208 e. The van der Waals surface area contributed by atoms with Gasteiger partial charge in [-0.2, -0.15) is 10.5 Å². The summed E-state index contributed by atoms with van der Waals surface area (Å²) in [4.78, 5) is 15.6. The molecule has 4 fully saturated rings. The molecule has 0 saturated heterocycles. The standard InChI is InChI=1S/C61H45N5/c62-37-39-14-18-43(19-15-39)50-33-51(44-20-16-40(38-63)17-21-44)35-55(34-50)61(53-29-41-28-42(31-53)32-54(61)30-41)52-26-24-48(25-27-52)59-64-58(47-10-5-2-6-11-47)65-60(66-59)49-23-22-46-12-7-13-56(57(46)36-49)45-8-3-1-4-9-45/h1-27,33-36,41-42,53-54H,28-32H2. The van der Waals surface area contributed by atoms with Crippen molar-refractivity contribution in [3.63, 3.8) is 0 Å². The molecule has 0 atom stereocenters. The van der Waals surface area contributed by atoms with Gasteiger partial charge in [0.25, 0.3) is 0 Å². The summed E-state index contributed by atoms with van der Waals surface area (Å²) >= 11 is 0. The van der Waals surface area contributed by atoms with Crippen molar-refractivity contribution in [2.24, 2.45) is 23.7 Å². The van der Waals surface area contributed by atoms with Gasteiger partial charge < -0.3 is 0 Å². The lowest BCUT2D eigenvalue weighted by Crippen LogP contribution is -2.56. The molecule has 4 saturated carbocycles. The van der Waals surface area contributed by atoms with Crippen LogP contribution >= 0.6 is 0 Å². The smallest absolute Gasteiger partial charge is 0.164 e. The third-order valence-corrected chi connectivity index (χ3v) is 15.0. The lowest BCUT2D eigenvalue weighted by Gasteiger charge is -2.62. The van der Waals surface area contributed by atoms with E-state index in [9.17, 15) is 10.5 Å². The van der Waals surface area contributed by atoms with Gasteiger partial charge >= 0.3 is 0 Å². The van der Waals surface area contributed by atoms with Crippen LogP contribution in [0.2, 0.25) is 0 Å². The van der Waals surface area contributed by atoms with Crippen molar-refractivity contribution < 1.29 is 0 Å². The fourth-order valence-electron chi connectivity index (χ4n) is 12.2. The van der Waals surface area contributed by atoms with Gasteiger partial charge in [-0.1, -0.05) is 152 Å². The fraction of sp³-hybridized carbons (Fsp3) is 0.164. The van der Waals surface area contributed by atoms with Crippen molar-refractivity contribution in [1.29, 1.82) is 10.5 Å². The minimum absolute atomic E-state index is 0.198. The molecule has 5 heteroatoms. The second-order valence-electron chi connectivity index (χ2n) is 18.7. The normalized spacial score (nSPS) is 20.5. The van der Waals surface area contributed by atoms with E-state index in [-0.39, 0.29) is 5.41 Å². The SMILES string of the molecule is N#Cc1ccc(-c2cc(-c3ccc(C#N)cc3)cc(C3(c4ccc(-c5nc(-c6ccccc6)nc(-c6ccc7cccc(-c8ccccc8)c7c6)n5)cc4)C4CC5CC(C4)CC3C5)c2)cc1. The zero-order chi connectivity index (χ0) is 44.2. The molecule has 1 heterocycles. The maximum atomic E-state index is 9.65. The van der Waals surface area contributed by atoms with Crippen molar-refractivity contribution in [3.8, 4) is 79.7 Å². The molecule has 9 aromatic rings. The average molecular weight is 848 g/mol. The Kier molecular flexibility index (Phi) is 9.73. The second-order valence-corrected chi connectivity index (χ2v) is 18.7. The number of hydrogen-bond acceptors (Lipinski definition) is 5. The van der Waals surface area contributed by atoms with Crippen LogP contribution in [0.1, 0.15) is 54.4 Å². The van der Waals surface area contributed by atoms with E-state index >= 15 is 0 Å². The van der Waals surface area contributed by atoms with Crippen molar-refractivity contribution in [3.05, 3.63) is 210 Å². The van der Waals surface area contributed by atoms with E-state index in [4.69, 9.17) is 15.0 Å². The van der Waals surface area contributed by atoms with Gasteiger partial charge in [0.1, 0.15) is 0 Å². The molecule has 0 N–H and O–H groups in total. The van der Waals surface area contributed by atoms with E-state index in [1.54, 1.807) is 0 Å². The Labute approximate surface area is 385 Å². The maximum absolute atomic E-state index is 9.65. The van der Waals surface area contributed by atoms with Crippen LogP contribution in [-0.2, 0) is 5.41 Å². The predicted octanol–water partition coefficient (Wildman–Crippen LogP) is 14.5. The lowest BCUT2D eigenvalue weighted by molar-refractivity contribution is -0.0417. The first kappa shape index (κ1) is 39.6. The first-order valence-corrected chi connectivity index (χ1v) is 23.2. The summed E-state index contributed by atoms with van der Waals surface area (Å²) in [7, 11) is 0. The van der Waals surface area contributed by atoms with Crippen molar-refractivity contribution in [1.82, 2.24) is 15.0 Å². The fourth-order valence-corrected chi connectivity index (χ4v) is 12.2. The first-order valence-electron chi connectivity index (χ1n) is 23.2. The second kappa shape index (κ2) is 16.2. The highest BCUT2D eigenvalue weighted by Gasteiger charge is 2.58. The summed E-state index contributed by atoms with van der Waals surface area (Å²) in [6, 6.07) is 70.7. The van der Waals surface area contributed by atoms with Crippen molar-refractivity contribution in [2.45, 2.75) is 37.5 Å². The average Bonchev–Trinajstić information content (AvgIpc) is 3.38. The van der Waals surface area contributed by atoms with Crippen LogP contribution in [0.5, 0.6) is 0 Å². The van der Waals surface area contributed by atoms with Crippen molar-refractivity contribution >= 4 is 10.8 Å². The number of fused-ring (bicyclic) bond motifs is 1. The Balaban J connectivity index is 1.00. The molecule has 4 aliphatic carbocycles. The summed E-state index contributed by atoms with van der Waals surface area (Å²) < 4.78 is 0. The molecular formula is C61H45N5. The maximum Gasteiger partial charge on any atom is 0.164 e. The molecule has 0 radical (unpaired) electrons. The number of hydrogen-bond donors (Lipinski definition) is 0. The predicted molar refractivity (Wildman–Crippen MR) is 264 cm³/mol. The molecule has 66 heavy (non-hydrogen) atoms. The first-order chi connectivity index (χ1) is 32.5. The summed E-state index contributed by atoms with van der Waals surface area (Å²) in [5, 5.41) is 21.6. The van der Waals surface area contributed by atoms with Crippen LogP contribution in [0.15, 0.2) is 188 Å². The summed E-state index contributed by atoms with van der Waals surface area (Å²) in [5.74, 6) is 4.49. The molecule has 8 aromatic carbocycles. The molecule has 0 spiro atoms. The molecule has 4 aliphatic rings. The Hall–Kier alpha value is -7.99. The molecular weight excluding hydrogens is 803 g/mol. The summed E-state index contributed by atoms with van der Waals surface area (Å²) in [5.41, 5.74) is 13.4. The number of benzene rings is 8. The van der Waals surface area contributed by atoms with Crippen LogP contribution in [0.4, 0.5) is 0 Å². The van der Waals surface area contributed by atoms with E-state index in [0.29, 0.717) is 40.4 Å². The Morgan fingerprint density at radius 1 is 0.379 bits per heavy atom. The number of rotatable bonds is 8. The van der Waals surface area contributed by atoms with Gasteiger partial charge in [0, 0.05) is 22.1 Å². The van der Waals surface area contributed by atoms with Gasteiger partial charge in [-0.15, -0.1) is 0 Å². The summed E-state index contributed by atoms with van der Waals surface area (Å²) in [6.45, 7) is 0. The molecule has 314 valence electrons. The highest BCUT2D eigenvalue weighted by molar-refractivity contribution is 5.98. The van der Waals surface area contributed by atoms with Gasteiger partial charge in [-0.05, 0) is 147 Å². The van der Waals surface area contributed by atoms with Gasteiger partial charge in [-0.25, -0.2) is 15.0 Å². The molecule has 4 bridgehead atoms. The van der Waals surface area contributed by atoms with E-state index < -0.39 is 0 Å². The zero-order valence-electron chi connectivity index (χ0n) is 36.5. The van der Waals surface area contributed by atoms with Gasteiger partial charge in [0.05, 0.1) is 23.3 Å². The van der Waals surface area contributed by atoms with E-state index in [1.165, 1.54) is 59.7 Å². The number of nitrogens with zero attached hydrogens (tertiary/aromatic N) is 5. The van der Waals surface area contributed by atoms with E-state index in [1.807, 2.05) is 42.5 Å². The Morgan fingerprint density at radius 3 is 1.41 bits per heavy atom. The minimum Gasteiger partial charge on any atom is -0.208 e. The highest BCUT2D eigenvalue weighted by atomic mass is 15.0. The molecule has 0 amide bonds. The minimum atomic E-state index is -0.198. The quantitative estimate of drug-likeness (QED) is 0.152. The third-order valence-electron chi connectivity index (χ3n) is 15.0. The van der Waals surface area contributed by atoms with Crippen LogP contribution in [0.3, 0.4) is 0 Å². The molecule has 5 nitrogen and oxygen atoms in total. The topological polar surface area (TPSA) is 86.2 Å².